The molecule has 0 radical (unpaired) electrons. The average Bonchev–Trinajstić information content (AvgIpc) is 2.36. The molecule has 0 saturated carbocycles. The van der Waals surface area contributed by atoms with E-state index in [2.05, 4.69) is 37.6 Å². The van der Waals surface area contributed by atoms with Gasteiger partial charge in [0.15, 0.2) is 0 Å². The highest BCUT2D eigenvalue weighted by molar-refractivity contribution is 8.00. The van der Waals surface area contributed by atoms with Crippen LogP contribution in [0.2, 0.25) is 5.02 Å². The molecule has 18 heavy (non-hydrogen) atoms. The average molecular weight is 302 g/mol. The molecule has 1 unspecified atom stereocenters. The third-order valence-corrected chi connectivity index (χ3v) is 5.95. The minimum Gasteiger partial charge on any atom is -0.309 e. The third kappa shape index (κ3) is 3.60. The molecule has 1 N–H and O–H groups in total. The fraction of sp³-hybridized carbons (Fsp3) is 0.571. The van der Waals surface area contributed by atoms with E-state index in [4.69, 9.17) is 11.6 Å². The minimum atomic E-state index is 0.281. The molecule has 0 aromatic heterocycles. The topological polar surface area (TPSA) is 12.0 Å². The molecule has 0 bridgehead atoms. The Hall–Kier alpha value is 0.170. The van der Waals surface area contributed by atoms with E-state index in [-0.39, 0.29) is 4.75 Å². The molecule has 1 aliphatic heterocycles. The van der Waals surface area contributed by atoms with Crippen molar-refractivity contribution < 1.29 is 0 Å². The van der Waals surface area contributed by atoms with Crippen LogP contribution in [0.3, 0.4) is 0 Å². The number of hydrogen-bond acceptors (Lipinski definition) is 3. The van der Waals surface area contributed by atoms with Crippen LogP contribution in [-0.4, -0.2) is 23.3 Å². The maximum absolute atomic E-state index is 6.12. The van der Waals surface area contributed by atoms with Gasteiger partial charge in [-0.05, 0) is 56.0 Å². The fourth-order valence-corrected chi connectivity index (χ4v) is 3.53. The summed E-state index contributed by atoms with van der Waals surface area (Å²) in [5.41, 5.74) is 1.37. The normalized spacial score (nSPS) is 19.7. The zero-order valence-corrected chi connectivity index (χ0v) is 13.5. The molecule has 100 valence electrons. The molecule has 0 spiro atoms. The zero-order chi connectivity index (χ0) is 13.2. The predicted molar refractivity (Wildman–Crippen MR) is 85.1 cm³/mol. The standard InChI is InChI=1S/C14H20ClNS2/c1-14(2,17-3)9-16-12-6-7-18-13-5-4-10(15)8-11(12)13/h4-5,8,12,16H,6-7,9H2,1-3H3. The summed E-state index contributed by atoms with van der Waals surface area (Å²) in [4.78, 5) is 1.38. The Bertz CT molecular complexity index is 420. The summed E-state index contributed by atoms with van der Waals surface area (Å²) in [5, 5.41) is 4.54. The van der Waals surface area contributed by atoms with Gasteiger partial charge in [-0.1, -0.05) is 11.6 Å². The summed E-state index contributed by atoms with van der Waals surface area (Å²) in [6.07, 6.45) is 3.35. The highest BCUT2D eigenvalue weighted by atomic mass is 35.5. The number of halogens is 1. The van der Waals surface area contributed by atoms with Gasteiger partial charge in [-0.2, -0.15) is 11.8 Å². The van der Waals surface area contributed by atoms with E-state index >= 15 is 0 Å². The summed E-state index contributed by atoms with van der Waals surface area (Å²) in [5.74, 6) is 1.19. The second-order valence-electron chi connectivity index (χ2n) is 5.22. The maximum atomic E-state index is 6.12. The first kappa shape index (κ1) is 14.6. The quantitative estimate of drug-likeness (QED) is 0.872. The van der Waals surface area contributed by atoms with Crippen LogP contribution in [0, 0.1) is 0 Å². The van der Waals surface area contributed by atoms with Crippen molar-refractivity contribution in [1.82, 2.24) is 5.32 Å². The van der Waals surface area contributed by atoms with Crippen LogP contribution in [0.4, 0.5) is 0 Å². The Morgan fingerprint density at radius 1 is 1.50 bits per heavy atom. The van der Waals surface area contributed by atoms with E-state index in [1.807, 2.05) is 29.6 Å². The van der Waals surface area contributed by atoms with Gasteiger partial charge in [-0.3, -0.25) is 0 Å². The van der Waals surface area contributed by atoms with Crippen molar-refractivity contribution in [2.45, 2.75) is 36.0 Å². The highest BCUT2D eigenvalue weighted by Crippen LogP contribution is 2.37. The summed E-state index contributed by atoms with van der Waals surface area (Å²) >= 11 is 9.96. The van der Waals surface area contributed by atoms with Crippen molar-refractivity contribution in [2.24, 2.45) is 0 Å². The number of hydrogen-bond donors (Lipinski definition) is 1. The van der Waals surface area contributed by atoms with Crippen LogP contribution in [-0.2, 0) is 0 Å². The lowest BCUT2D eigenvalue weighted by molar-refractivity contribution is 0.478. The molecule has 0 aliphatic carbocycles. The second kappa shape index (κ2) is 6.08. The molecule has 1 nitrogen and oxygen atoms in total. The molecule has 1 heterocycles. The molecular weight excluding hydrogens is 282 g/mol. The largest absolute Gasteiger partial charge is 0.309 e. The SMILES string of the molecule is CSC(C)(C)CNC1CCSc2ccc(Cl)cc21. The van der Waals surface area contributed by atoms with Crippen LogP contribution >= 0.6 is 35.1 Å². The smallest absolute Gasteiger partial charge is 0.0410 e. The maximum Gasteiger partial charge on any atom is 0.0410 e. The van der Waals surface area contributed by atoms with Gasteiger partial charge in [0.05, 0.1) is 0 Å². The van der Waals surface area contributed by atoms with E-state index in [1.54, 1.807) is 0 Å². The third-order valence-electron chi connectivity index (χ3n) is 3.34. The molecule has 1 atom stereocenters. The first-order valence-corrected chi connectivity index (χ1v) is 8.81. The number of rotatable bonds is 4. The number of benzene rings is 1. The van der Waals surface area contributed by atoms with Gasteiger partial charge >= 0.3 is 0 Å². The molecule has 4 heteroatoms. The van der Waals surface area contributed by atoms with E-state index in [0.717, 1.165) is 11.6 Å². The lowest BCUT2D eigenvalue weighted by atomic mass is 10.0. The first-order chi connectivity index (χ1) is 8.52. The van der Waals surface area contributed by atoms with Crippen LogP contribution in [0.15, 0.2) is 23.1 Å². The van der Waals surface area contributed by atoms with Crippen molar-refractivity contribution in [1.29, 1.82) is 0 Å². The van der Waals surface area contributed by atoms with Gasteiger partial charge in [0.1, 0.15) is 0 Å². The summed E-state index contributed by atoms with van der Waals surface area (Å²) < 4.78 is 0.281. The molecule has 0 amide bonds. The highest BCUT2D eigenvalue weighted by Gasteiger charge is 2.23. The molecule has 1 aliphatic rings. The second-order valence-corrected chi connectivity index (χ2v) is 8.30. The van der Waals surface area contributed by atoms with Gasteiger partial charge in [0, 0.05) is 27.3 Å². The van der Waals surface area contributed by atoms with Crippen molar-refractivity contribution in [2.75, 3.05) is 18.6 Å². The number of thioether (sulfide) groups is 2. The summed E-state index contributed by atoms with van der Waals surface area (Å²) in [6, 6.07) is 6.70. The predicted octanol–water partition coefficient (Wildman–Crippen LogP) is 4.61. The van der Waals surface area contributed by atoms with E-state index < -0.39 is 0 Å². The zero-order valence-electron chi connectivity index (χ0n) is 11.1. The summed E-state index contributed by atoms with van der Waals surface area (Å²) in [6.45, 7) is 5.58. The van der Waals surface area contributed by atoms with Crippen LogP contribution in [0.5, 0.6) is 0 Å². The lowest BCUT2D eigenvalue weighted by Crippen LogP contribution is -2.35. The van der Waals surface area contributed by atoms with Crippen LogP contribution in [0.1, 0.15) is 31.9 Å². The van der Waals surface area contributed by atoms with Gasteiger partial charge in [-0.25, -0.2) is 0 Å². The van der Waals surface area contributed by atoms with Crippen molar-refractivity contribution >= 4 is 35.1 Å². The molecule has 2 rings (SSSR count). The van der Waals surface area contributed by atoms with Gasteiger partial charge < -0.3 is 5.32 Å². The van der Waals surface area contributed by atoms with Crippen LogP contribution in [0.25, 0.3) is 0 Å². The molecule has 1 aromatic carbocycles. The number of nitrogens with one attached hydrogen (secondary N) is 1. The molecule has 1 aromatic rings. The van der Waals surface area contributed by atoms with Gasteiger partial charge in [-0.15, -0.1) is 11.8 Å². The Kier molecular flexibility index (Phi) is 4.92. The van der Waals surface area contributed by atoms with Gasteiger partial charge in [0.2, 0.25) is 0 Å². The van der Waals surface area contributed by atoms with Gasteiger partial charge in [0.25, 0.3) is 0 Å². The van der Waals surface area contributed by atoms with E-state index in [1.165, 1.54) is 22.6 Å². The number of fused-ring (bicyclic) bond motifs is 1. The minimum absolute atomic E-state index is 0.281. The first-order valence-electron chi connectivity index (χ1n) is 6.22. The fourth-order valence-electron chi connectivity index (χ4n) is 2.02. The van der Waals surface area contributed by atoms with E-state index in [9.17, 15) is 0 Å². The van der Waals surface area contributed by atoms with Crippen molar-refractivity contribution in [3.05, 3.63) is 28.8 Å². The van der Waals surface area contributed by atoms with Crippen molar-refractivity contribution in [3.63, 3.8) is 0 Å². The van der Waals surface area contributed by atoms with Crippen molar-refractivity contribution in [3.8, 4) is 0 Å². The monoisotopic (exact) mass is 301 g/mol. The Morgan fingerprint density at radius 2 is 2.28 bits per heavy atom. The summed E-state index contributed by atoms with van der Waals surface area (Å²) in [7, 11) is 0. The Morgan fingerprint density at radius 3 is 3.00 bits per heavy atom. The lowest BCUT2D eigenvalue weighted by Gasteiger charge is -2.30. The Labute approximate surface area is 123 Å². The van der Waals surface area contributed by atoms with Crippen LogP contribution < -0.4 is 5.32 Å². The molecule has 0 fully saturated rings. The molecular formula is C14H20ClNS2. The Balaban J connectivity index is 2.10. The molecule has 0 saturated heterocycles. The van der Waals surface area contributed by atoms with E-state index in [0.29, 0.717) is 6.04 Å².